The number of carbonyl (C=O) groups is 2. The van der Waals surface area contributed by atoms with Gasteiger partial charge in [-0.2, -0.15) is 0 Å². The molecule has 0 spiro atoms. The number of sulfonamides is 1. The number of hydrogen-bond donors (Lipinski definition) is 1. The van der Waals surface area contributed by atoms with Gasteiger partial charge in [-0.25, -0.2) is 13.2 Å². The van der Waals surface area contributed by atoms with Crippen molar-refractivity contribution in [2.45, 2.75) is 18.7 Å². The van der Waals surface area contributed by atoms with Crippen LogP contribution in [0.1, 0.15) is 31.8 Å². The molecule has 1 N–H and O–H groups in total. The monoisotopic (exact) mass is 496 g/mol. The minimum Gasteiger partial charge on any atom is -0.465 e. The maximum absolute atomic E-state index is 13.4. The summed E-state index contributed by atoms with van der Waals surface area (Å²) in [6.07, 6.45) is 1.38. The van der Waals surface area contributed by atoms with Crippen LogP contribution in [0.4, 0.5) is 5.69 Å². The number of esters is 1. The number of nitrogens with zero attached hydrogens (tertiary/aromatic N) is 1. The first-order valence-corrected chi connectivity index (χ1v) is 12.1. The van der Waals surface area contributed by atoms with E-state index < -0.39 is 21.9 Å². The smallest absolute Gasteiger partial charge is 0.340 e. The molecule has 0 fully saturated rings. The second-order valence-corrected chi connectivity index (χ2v) is 9.83. The van der Waals surface area contributed by atoms with E-state index in [1.807, 2.05) is 19.9 Å². The standard InChI is InChI=1S/C25H21ClN2O5S/c1-15-8-10-18(12-16(15)2)27-34(31,32)23-13-17(9-11-21(23)26)24(29)28-14-20(25(30)33-3)19-6-4-5-7-22(19)28/h4-14,27H,1-3H3. The Morgan fingerprint density at radius 3 is 2.41 bits per heavy atom. The lowest BCUT2D eigenvalue weighted by Crippen LogP contribution is -2.16. The van der Waals surface area contributed by atoms with Gasteiger partial charge >= 0.3 is 5.97 Å². The third kappa shape index (κ3) is 4.30. The number of carbonyl (C=O) groups excluding carboxylic acids is 2. The highest BCUT2D eigenvalue weighted by molar-refractivity contribution is 7.92. The van der Waals surface area contributed by atoms with Gasteiger partial charge in [-0.1, -0.05) is 35.9 Å². The molecule has 34 heavy (non-hydrogen) atoms. The van der Waals surface area contributed by atoms with E-state index in [1.165, 1.54) is 36.1 Å². The second-order valence-electron chi connectivity index (χ2n) is 7.78. The van der Waals surface area contributed by atoms with Crippen molar-refractivity contribution < 1.29 is 22.7 Å². The summed E-state index contributed by atoms with van der Waals surface area (Å²) in [5.74, 6) is -1.11. The first kappa shape index (κ1) is 23.5. The van der Waals surface area contributed by atoms with Gasteiger partial charge in [-0.05, 0) is 61.4 Å². The van der Waals surface area contributed by atoms with Crippen LogP contribution in [0.15, 0.2) is 71.8 Å². The van der Waals surface area contributed by atoms with Crippen LogP contribution in [0.5, 0.6) is 0 Å². The Morgan fingerprint density at radius 1 is 0.971 bits per heavy atom. The first-order chi connectivity index (χ1) is 16.1. The number of benzene rings is 3. The largest absolute Gasteiger partial charge is 0.465 e. The minimum atomic E-state index is -4.08. The zero-order valence-electron chi connectivity index (χ0n) is 18.6. The lowest BCUT2D eigenvalue weighted by molar-refractivity contribution is 0.0603. The first-order valence-electron chi connectivity index (χ1n) is 10.2. The van der Waals surface area contributed by atoms with Crippen LogP contribution in [0, 0.1) is 13.8 Å². The zero-order valence-corrected chi connectivity index (χ0v) is 20.2. The molecule has 174 valence electrons. The lowest BCUT2D eigenvalue weighted by Gasteiger charge is -2.12. The summed E-state index contributed by atoms with van der Waals surface area (Å²) in [5, 5.41) is 0.515. The molecule has 0 aliphatic carbocycles. The Morgan fingerprint density at radius 2 is 1.71 bits per heavy atom. The van der Waals surface area contributed by atoms with Gasteiger partial charge in [0.15, 0.2) is 0 Å². The van der Waals surface area contributed by atoms with Crippen molar-refractivity contribution in [1.29, 1.82) is 0 Å². The molecule has 0 aliphatic rings. The van der Waals surface area contributed by atoms with Gasteiger partial charge in [0.25, 0.3) is 15.9 Å². The zero-order chi connectivity index (χ0) is 24.6. The van der Waals surface area contributed by atoms with E-state index in [0.29, 0.717) is 16.6 Å². The topological polar surface area (TPSA) is 94.5 Å². The quantitative estimate of drug-likeness (QED) is 0.384. The van der Waals surface area contributed by atoms with Gasteiger partial charge < -0.3 is 4.74 Å². The molecule has 1 aromatic heterocycles. The summed E-state index contributed by atoms with van der Waals surface area (Å²) in [6.45, 7) is 3.81. The van der Waals surface area contributed by atoms with Gasteiger partial charge in [0, 0.05) is 22.8 Å². The van der Waals surface area contributed by atoms with E-state index in [4.69, 9.17) is 16.3 Å². The molecule has 4 aromatic rings. The fourth-order valence-corrected chi connectivity index (χ4v) is 5.19. The van der Waals surface area contributed by atoms with Gasteiger partial charge in [-0.3, -0.25) is 14.1 Å². The van der Waals surface area contributed by atoms with Gasteiger partial charge in [0.05, 0.1) is 23.2 Å². The van der Waals surface area contributed by atoms with Crippen molar-refractivity contribution in [3.63, 3.8) is 0 Å². The third-order valence-electron chi connectivity index (χ3n) is 5.56. The molecule has 0 amide bonds. The Kier molecular flexibility index (Phi) is 6.20. The number of halogens is 1. The summed E-state index contributed by atoms with van der Waals surface area (Å²) in [7, 11) is -2.82. The van der Waals surface area contributed by atoms with E-state index >= 15 is 0 Å². The molecule has 0 aliphatic heterocycles. The molecule has 1 heterocycles. The van der Waals surface area contributed by atoms with Crippen LogP contribution in [0.2, 0.25) is 5.02 Å². The molecule has 0 unspecified atom stereocenters. The summed E-state index contributed by atoms with van der Waals surface area (Å²) in [6, 6.07) is 16.1. The van der Waals surface area contributed by atoms with E-state index in [2.05, 4.69) is 4.72 Å². The Balaban J connectivity index is 1.76. The van der Waals surface area contributed by atoms with Crippen LogP contribution < -0.4 is 4.72 Å². The van der Waals surface area contributed by atoms with Crippen LogP contribution in [0.3, 0.4) is 0 Å². The minimum absolute atomic E-state index is 0.0273. The highest BCUT2D eigenvalue weighted by atomic mass is 35.5. The molecule has 0 saturated carbocycles. The van der Waals surface area contributed by atoms with E-state index in [9.17, 15) is 18.0 Å². The van der Waals surface area contributed by atoms with Gasteiger partial charge in [0.2, 0.25) is 0 Å². The number of hydrogen-bond acceptors (Lipinski definition) is 5. The molecule has 9 heteroatoms. The molecule has 7 nitrogen and oxygen atoms in total. The number of anilines is 1. The maximum atomic E-state index is 13.4. The van der Waals surface area contributed by atoms with Gasteiger partial charge in [-0.15, -0.1) is 0 Å². The molecule has 0 saturated heterocycles. The van der Waals surface area contributed by atoms with Crippen molar-refractivity contribution in [3.05, 3.63) is 94.1 Å². The second kappa shape index (κ2) is 8.96. The number of ether oxygens (including phenoxy) is 1. The number of aryl methyl sites for hydroxylation is 2. The predicted octanol–water partition coefficient (Wildman–Crippen LogP) is 5.19. The Hall–Kier alpha value is -3.62. The van der Waals surface area contributed by atoms with Crippen molar-refractivity contribution in [2.24, 2.45) is 0 Å². The molecular weight excluding hydrogens is 476 g/mol. The van der Waals surface area contributed by atoms with Crippen LogP contribution in [-0.4, -0.2) is 32.0 Å². The summed E-state index contributed by atoms with van der Waals surface area (Å²) < 4.78 is 34.8. The Labute approximate surface area is 202 Å². The number of fused-ring (bicyclic) bond motifs is 1. The van der Waals surface area contributed by atoms with Crippen molar-refractivity contribution in [2.75, 3.05) is 11.8 Å². The van der Waals surface area contributed by atoms with Crippen molar-refractivity contribution in [1.82, 2.24) is 4.57 Å². The molecule has 4 rings (SSSR count). The maximum Gasteiger partial charge on any atom is 0.340 e. The molecule has 3 aromatic carbocycles. The SMILES string of the molecule is COC(=O)c1cn(C(=O)c2ccc(Cl)c(S(=O)(=O)Nc3ccc(C)c(C)c3)c2)c2ccccc12. The van der Waals surface area contributed by atoms with Crippen LogP contribution >= 0.6 is 11.6 Å². The van der Waals surface area contributed by atoms with Gasteiger partial charge in [0.1, 0.15) is 4.90 Å². The highest BCUT2D eigenvalue weighted by Gasteiger charge is 2.23. The number of nitrogens with one attached hydrogen (secondary N) is 1. The van der Waals surface area contributed by atoms with Crippen LogP contribution in [0.25, 0.3) is 10.9 Å². The van der Waals surface area contributed by atoms with Crippen molar-refractivity contribution >= 4 is 50.1 Å². The Bertz CT molecular complexity index is 1560. The molecular formula is C25H21ClN2O5S. The summed E-state index contributed by atoms with van der Waals surface area (Å²) in [4.78, 5) is 25.3. The number of para-hydroxylation sites is 1. The van der Waals surface area contributed by atoms with E-state index in [1.54, 1.807) is 36.4 Å². The number of methoxy groups -OCH3 is 1. The fourth-order valence-electron chi connectivity index (χ4n) is 3.62. The third-order valence-corrected chi connectivity index (χ3v) is 7.43. The fraction of sp³-hybridized carbons (Fsp3) is 0.120. The van der Waals surface area contributed by atoms with E-state index in [0.717, 1.165) is 11.1 Å². The summed E-state index contributed by atoms with van der Waals surface area (Å²) >= 11 is 6.22. The number of aromatic nitrogens is 1. The average molecular weight is 497 g/mol. The molecule has 0 atom stereocenters. The van der Waals surface area contributed by atoms with E-state index in [-0.39, 0.29) is 21.0 Å². The number of rotatable bonds is 5. The highest BCUT2D eigenvalue weighted by Crippen LogP contribution is 2.28. The molecule has 0 radical (unpaired) electrons. The van der Waals surface area contributed by atoms with Crippen molar-refractivity contribution in [3.8, 4) is 0 Å². The predicted molar refractivity (Wildman–Crippen MR) is 131 cm³/mol. The summed E-state index contributed by atoms with van der Waals surface area (Å²) in [5.41, 5.74) is 3.14. The lowest BCUT2D eigenvalue weighted by atomic mass is 10.1. The molecule has 0 bridgehead atoms. The normalized spacial score (nSPS) is 11.4. The average Bonchev–Trinajstić information content (AvgIpc) is 3.20. The van der Waals surface area contributed by atoms with Crippen LogP contribution in [-0.2, 0) is 14.8 Å².